The number of hydrogen-bond donors (Lipinski definition) is 2. The predicted molar refractivity (Wildman–Crippen MR) is 106 cm³/mol. The van der Waals surface area contributed by atoms with Crippen LogP contribution in [-0.2, 0) is 0 Å². The Bertz CT molecular complexity index is 1130. The lowest BCUT2D eigenvalue weighted by Crippen LogP contribution is -2.43. The van der Waals surface area contributed by atoms with Gasteiger partial charge < -0.3 is 15.3 Å². The highest BCUT2D eigenvalue weighted by atomic mass is 16.3. The summed E-state index contributed by atoms with van der Waals surface area (Å²) in [7, 11) is 0. The van der Waals surface area contributed by atoms with Gasteiger partial charge in [0, 0.05) is 44.1 Å². The summed E-state index contributed by atoms with van der Waals surface area (Å²) in [6.07, 6.45) is 7.16. The molecule has 0 atom stereocenters. The lowest BCUT2D eigenvalue weighted by atomic mass is 10.1. The molecule has 0 radical (unpaired) electrons. The molecule has 8 nitrogen and oxygen atoms in total. The summed E-state index contributed by atoms with van der Waals surface area (Å²) < 4.78 is 1.93. The molecule has 4 aromatic rings. The maximum absolute atomic E-state index is 9.76. The smallest absolute Gasteiger partial charge is 0.180 e. The van der Waals surface area contributed by atoms with Crippen LogP contribution in [0.3, 0.4) is 0 Å². The fourth-order valence-electron chi connectivity index (χ4n) is 3.41. The molecule has 1 fully saturated rings. The fourth-order valence-corrected chi connectivity index (χ4v) is 3.41. The van der Waals surface area contributed by atoms with Crippen LogP contribution in [0.1, 0.15) is 0 Å². The van der Waals surface area contributed by atoms with Crippen molar-refractivity contribution in [3.63, 3.8) is 0 Å². The maximum atomic E-state index is 9.76. The third-order valence-electron chi connectivity index (χ3n) is 4.85. The molecule has 1 aliphatic rings. The Balaban J connectivity index is 1.57. The number of hydrogen-bond acceptors (Lipinski definition) is 7. The van der Waals surface area contributed by atoms with Crippen molar-refractivity contribution in [2.45, 2.75) is 0 Å². The van der Waals surface area contributed by atoms with Crippen LogP contribution in [0.2, 0.25) is 0 Å². The number of piperazine rings is 1. The quantitative estimate of drug-likeness (QED) is 0.567. The zero-order valence-electron chi connectivity index (χ0n) is 15.2. The highest BCUT2D eigenvalue weighted by Gasteiger charge is 2.15. The van der Waals surface area contributed by atoms with Crippen LogP contribution in [0, 0.1) is 0 Å². The Labute approximate surface area is 161 Å². The number of anilines is 1. The molecule has 0 spiro atoms. The minimum absolute atomic E-state index is 0.206. The van der Waals surface area contributed by atoms with Crippen LogP contribution >= 0.6 is 0 Å². The van der Waals surface area contributed by atoms with E-state index in [1.54, 1.807) is 36.8 Å². The highest BCUT2D eigenvalue weighted by Crippen LogP contribution is 2.24. The molecule has 3 aromatic heterocycles. The number of aromatic hydroxyl groups is 1. The summed E-state index contributed by atoms with van der Waals surface area (Å²) in [4.78, 5) is 20.4. The van der Waals surface area contributed by atoms with Crippen molar-refractivity contribution in [3.05, 3.63) is 55.1 Å². The van der Waals surface area contributed by atoms with E-state index in [0.717, 1.165) is 54.6 Å². The number of nitrogens with one attached hydrogen (secondary N) is 1. The van der Waals surface area contributed by atoms with Crippen molar-refractivity contribution < 1.29 is 5.11 Å². The second-order valence-electron chi connectivity index (χ2n) is 6.67. The average molecular weight is 373 g/mol. The van der Waals surface area contributed by atoms with E-state index in [9.17, 15) is 5.11 Å². The molecule has 140 valence electrons. The Hall–Kier alpha value is -3.52. The van der Waals surface area contributed by atoms with Crippen LogP contribution in [0.4, 0.5) is 5.82 Å². The van der Waals surface area contributed by atoms with E-state index in [1.165, 1.54) is 0 Å². The number of benzene rings is 1. The molecular formula is C20H19N7O. The van der Waals surface area contributed by atoms with Gasteiger partial charge in [-0.15, -0.1) is 0 Å². The molecule has 0 aliphatic carbocycles. The molecule has 1 aromatic carbocycles. The summed E-state index contributed by atoms with van der Waals surface area (Å²) in [5.41, 5.74) is 3.09. The minimum atomic E-state index is 0.206. The first-order valence-electron chi connectivity index (χ1n) is 9.19. The molecular weight excluding hydrogens is 354 g/mol. The number of phenols is 1. The zero-order chi connectivity index (χ0) is 18.9. The summed E-state index contributed by atoms with van der Waals surface area (Å²) in [6.45, 7) is 3.76. The van der Waals surface area contributed by atoms with Gasteiger partial charge in [-0.2, -0.15) is 0 Å². The zero-order valence-corrected chi connectivity index (χ0v) is 15.2. The van der Waals surface area contributed by atoms with Gasteiger partial charge in [-0.05, 0) is 18.2 Å². The van der Waals surface area contributed by atoms with E-state index in [4.69, 9.17) is 4.98 Å². The van der Waals surface area contributed by atoms with Crippen molar-refractivity contribution in [3.8, 4) is 28.5 Å². The topological polar surface area (TPSA) is 91.5 Å². The first-order chi connectivity index (χ1) is 13.8. The minimum Gasteiger partial charge on any atom is -0.508 e. The van der Waals surface area contributed by atoms with Crippen molar-refractivity contribution in [2.24, 2.45) is 0 Å². The van der Waals surface area contributed by atoms with E-state index in [0.29, 0.717) is 5.82 Å². The van der Waals surface area contributed by atoms with E-state index in [-0.39, 0.29) is 5.75 Å². The lowest BCUT2D eigenvalue weighted by molar-refractivity contribution is 0.475. The van der Waals surface area contributed by atoms with Crippen LogP contribution in [0.5, 0.6) is 5.75 Å². The molecule has 0 amide bonds. The van der Waals surface area contributed by atoms with Crippen LogP contribution in [0.15, 0.2) is 55.1 Å². The molecule has 1 aliphatic heterocycles. The van der Waals surface area contributed by atoms with Gasteiger partial charge in [-0.1, -0.05) is 12.1 Å². The second-order valence-corrected chi connectivity index (χ2v) is 6.67. The normalized spacial score (nSPS) is 14.5. The first-order valence-corrected chi connectivity index (χ1v) is 9.19. The second kappa shape index (κ2) is 6.90. The molecule has 4 heterocycles. The number of fused-ring (bicyclic) bond motifs is 1. The molecule has 8 heteroatoms. The van der Waals surface area contributed by atoms with Gasteiger partial charge in [0.2, 0.25) is 0 Å². The Morgan fingerprint density at radius 2 is 1.89 bits per heavy atom. The average Bonchev–Trinajstić information content (AvgIpc) is 3.18. The molecule has 2 N–H and O–H groups in total. The predicted octanol–water partition coefficient (Wildman–Crippen LogP) is 1.97. The van der Waals surface area contributed by atoms with Crippen LogP contribution in [-0.4, -0.2) is 55.6 Å². The summed E-state index contributed by atoms with van der Waals surface area (Å²) in [5.74, 6) is 1.75. The number of phenolic OH excluding ortho intramolecular Hbond substituents is 1. The van der Waals surface area contributed by atoms with Gasteiger partial charge >= 0.3 is 0 Å². The first kappa shape index (κ1) is 16.6. The summed E-state index contributed by atoms with van der Waals surface area (Å²) in [6, 6.07) is 8.97. The van der Waals surface area contributed by atoms with Gasteiger partial charge in [0.15, 0.2) is 11.5 Å². The van der Waals surface area contributed by atoms with Crippen molar-refractivity contribution in [1.29, 1.82) is 0 Å². The molecule has 0 bridgehead atoms. The molecule has 0 saturated carbocycles. The molecule has 1 saturated heterocycles. The highest BCUT2D eigenvalue weighted by molar-refractivity contribution is 5.64. The molecule has 0 unspecified atom stereocenters. The third kappa shape index (κ3) is 3.03. The Kier molecular flexibility index (Phi) is 4.10. The van der Waals surface area contributed by atoms with Gasteiger partial charge in [-0.3, -0.25) is 9.38 Å². The monoisotopic (exact) mass is 373 g/mol. The number of nitrogens with zero attached hydrogens (tertiary/aromatic N) is 6. The standard InChI is InChI=1S/C20H19N7O/c28-15-3-1-2-14(10-15)16-13-27-17(11-24-19(27)12-23-16)20-22-5-4-18(25-20)26-8-6-21-7-9-26/h1-5,10-13,21,28H,6-9H2. The maximum Gasteiger partial charge on any atom is 0.180 e. The van der Waals surface area contributed by atoms with Crippen molar-refractivity contribution in [2.75, 3.05) is 31.1 Å². The van der Waals surface area contributed by atoms with Crippen LogP contribution < -0.4 is 10.2 Å². The Morgan fingerprint density at radius 1 is 1.00 bits per heavy atom. The molecule has 28 heavy (non-hydrogen) atoms. The van der Waals surface area contributed by atoms with Gasteiger partial charge in [0.1, 0.15) is 17.3 Å². The summed E-state index contributed by atoms with van der Waals surface area (Å²) >= 11 is 0. The van der Waals surface area contributed by atoms with Gasteiger partial charge in [0.25, 0.3) is 0 Å². The summed E-state index contributed by atoms with van der Waals surface area (Å²) in [5, 5.41) is 13.1. The van der Waals surface area contributed by atoms with Crippen molar-refractivity contribution in [1.82, 2.24) is 29.7 Å². The van der Waals surface area contributed by atoms with E-state index >= 15 is 0 Å². The van der Waals surface area contributed by atoms with Gasteiger partial charge in [-0.25, -0.2) is 15.0 Å². The van der Waals surface area contributed by atoms with Crippen LogP contribution in [0.25, 0.3) is 28.4 Å². The fraction of sp³-hybridized carbons (Fsp3) is 0.200. The number of imidazole rings is 1. The lowest BCUT2D eigenvalue weighted by Gasteiger charge is -2.28. The van der Waals surface area contributed by atoms with E-state index in [2.05, 4.69) is 25.2 Å². The Morgan fingerprint density at radius 3 is 2.75 bits per heavy atom. The number of aromatic nitrogens is 5. The van der Waals surface area contributed by atoms with E-state index in [1.807, 2.05) is 22.7 Å². The van der Waals surface area contributed by atoms with Crippen molar-refractivity contribution >= 4 is 11.5 Å². The van der Waals surface area contributed by atoms with E-state index < -0.39 is 0 Å². The SMILES string of the molecule is Oc1cccc(-c2cn3c(-c4nccc(N5CCNCC5)n4)cnc3cn2)c1. The largest absolute Gasteiger partial charge is 0.508 e. The molecule has 5 rings (SSSR count). The van der Waals surface area contributed by atoms with Gasteiger partial charge in [0.05, 0.1) is 18.1 Å². The third-order valence-corrected chi connectivity index (χ3v) is 4.85. The number of rotatable bonds is 3.